The first-order valence-corrected chi connectivity index (χ1v) is 7.59. The number of amides is 1. The maximum Gasteiger partial charge on any atom is 0.266 e. The molecule has 3 nitrogen and oxygen atoms in total. The fourth-order valence-corrected chi connectivity index (χ4v) is 2.21. The number of rotatable bonds is 4. The molecule has 0 saturated heterocycles. The van der Waals surface area contributed by atoms with Gasteiger partial charge in [0.15, 0.2) is 0 Å². The summed E-state index contributed by atoms with van der Waals surface area (Å²) in [7, 11) is 0. The van der Waals surface area contributed by atoms with Crippen LogP contribution in [-0.2, 0) is 4.79 Å². The highest BCUT2D eigenvalue weighted by Gasteiger charge is 2.09. The molecule has 116 valence electrons. The van der Waals surface area contributed by atoms with E-state index in [9.17, 15) is 10.1 Å². The zero-order chi connectivity index (χ0) is 16.8. The van der Waals surface area contributed by atoms with Gasteiger partial charge in [-0.2, -0.15) is 5.26 Å². The minimum Gasteiger partial charge on any atom is -0.321 e. The van der Waals surface area contributed by atoms with Crippen LogP contribution >= 0.6 is 0 Å². The van der Waals surface area contributed by atoms with Crippen molar-refractivity contribution in [2.75, 3.05) is 5.32 Å². The third-order valence-electron chi connectivity index (χ3n) is 3.56. The highest BCUT2D eigenvalue weighted by Crippen LogP contribution is 2.17. The summed E-state index contributed by atoms with van der Waals surface area (Å²) >= 11 is 0. The van der Waals surface area contributed by atoms with Gasteiger partial charge in [0.1, 0.15) is 11.6 Å². The monoisotopic (exact) mass is 304 g/mol. The number of hydrogen-bond acceptors (Lipinski definition) is 2. The van der Waals surface area contributed by atoms with Crippen LogP contribution in [-0.4, -0.2) is 5.91 Å². The average Bonchev–Trinajstić information content (AvgIpc) is 2.53. The van der Waals surface area contributed by atoms with E-state index in [0.717, 1.165) is 11.1 Å². The standard InChI is InChI=1S/C20H20N2O/c1-14(2)17-9-7-16(8-10-17)12-18(13-21)20(23)22-19-6-4-5-15(3)11-19/h4-12,14H,1-3H3,(H,22,23). The molecular weight excluding hydrogens is 284 g/mol. The number of aryl methyl sites for hydroxylation is 1. The van der Waals surface area contributed by atoms with Gasteiger partial charge in [-0.05, 0) is 47.7 Å². The third-order valence-corrected chi connectivity index (χ3v) is 3.56. The van der Waals surface area contributed by atoms with Gasteiger partial charge in [-0.15, -0.1) is 0 Å². The number of nitrogens with zero attached hydrogens (tertiary/aromatic N) is 1. The SMILES string of the molecule is Cc1cccc(NC(=O)C(C#N)=Cc2ccc(C(C)C)cc2)c1. The van der Waals surface area contributed by atoms with Crippen LogP contribution in [0.2, 0.25) is 0 Å². The molecule has 0 saturated carbocycles. The van der Waals surface area contributed by atoms with Crippen molar-refractivity contribution in [3.63, 3.8) is 0 Å². The van der Waals surface area contributed by atoms with Crippen molar-refractivity contribution in [1.29, 1.82) is 5.26 Å². The van der Waals surface area contributed by atoms with E-state index in [4.69, 9.17) is 0 Å². The lowest BCUT2D eigenvalue weighted by molar-refractivity contribution is -0.112. The smallest absolute Gasteiger partial charge is 0.266 e. The summed E-state index contributed by atoms with van der Waals surface area (Å²) in [6, 6.07) is 17.3. The maximum atomic E-state index is 12.2. The summed E-state index contributed by atoms with van der Waals surface area (Å²) in [6.07, 6.45) is 1.61. The van der Waals surface area contributed by atoms with Crippen LogP contribution < -0.4 is 5.32 Å². The highest BCUT2D eigenvalue weighted by molar-refractivity contribution is 6.09. The molecule has 0 unspecified atom stereocenters. The number of carbonyl (C=O) groups is 1. The Morgan fingerprint density at radius 2 is 1.87 bits per heavy atom. The van der Waals surface area contributed by atoms with Crippen LogP contribution in [0.25, 0.3) is 6.08 Å². The molecule has 0 aliphatic heterocycles. The first-order valence-electron chi connectivity index (χ1n) is 7.59. The summed E-state index contributed by atoms with van der Waals surface area (Å²) in [5.74, 6) is 0.0547. The Balaban J connectivity index is 2.18. The molecule has 2 aromatic carbocycles. The van der Waals surface area contributed by atoms with Gasteiger partial charge in [0, 0.05) is 5.69 Å². The Bertz CT molecular complexity index is 765. The first-order chi connectivity index (χ1) is 11.0. The lowest BCUT2D eigenvalue weighted by atomic mass is 10.0. The molecule has 0 radical (unpaired) electrons. The number of anilines is 1. The van der Waals surface area contributed by atoms with Crippen molar-refractivity contribution in [2.24, 2.45) is 0 Å². The van der Waals surface area contributed by atoms with E-state index in [0.29, 0.717) is 11.6 Å². The van der Waals surface area contributed by atoms with Crippen LogP contribution in [0.1, 0.15) is 36.5 Å². The average molecular weight is 304 g/mol. The molecule has 0 aromatic heterocycles. The predicted molar refractivity (Wildman–Crippen MR) is 93.9 cm³/mol. The number of carbonyl (C=O) groups excluding carboxylic acids is 1. The van der Waals surface area contributed by atoms with E-state index in [1.165, 1.54) is 5.56 Å². The van der Waals surface area contributed by atoms with Gasteiger partial charge >= 0.3 is 0 Å². The van der Waals surface area contributed by atoms with E-state index in [1.807, 2.05) is 55.5 Å². The van der Waals surface area contributed by atoms with Gasteiger partial charge in [0.2, 0.25) is 0 Å². The summed E-state index contributed by atoms with van der Waals surface area (Å²) in [6.45, 7) is 6.20. The Hall–Kier alpha value is -2.86. The normalized spacial score (nSPS) is 11.2. The molecule has 23 heavy (non-hydrogen) atoms. The summed E-state index contributed by atoms with van der Waals surface area (Å²) in [4.78, 5) is 12.2. The molecule has 0 heterocycles. The van der Waals surface area contributed by atoms with Gasteiger partial charge in [-0.3, -0.25) is 4.79 Å². The van der Waals surface area contributed by atoms with Crippen molar-refractivity contribution in [1.82, 2.24) is 0 Å². The topological polar surface area (TPSA) is 52.9 Å². The Kier molecular flexibility index (Phi) is 5.32. The lowest BCUT2D eigenvalue weighted by Crippen LogP contribution is -2.13. The van der Waals surface area contributed by atoms with Crippen molar-refractivity contribution < 1.29 is 4.79 Å². The van der Waals surface area contributed by atoms with Crippen LogP contribution in [0.15, 0.2) is 54.1 Å². The zero-order valence-electron chi connectivity index (χ0n) is 13.6. The van der Waals surface area contributed by atoms with E-state index < -0.39 is 5.91 Å². The lowest BCUT2D eigenvalue weighted by Gasteiger charge is -2.06. The number of nitrogens with one attached hydrogen (secondary N) is 1. The predicted octanol–water partition coefficient (Wildman–Crippen LogP) is 4.66. The van der Waals surface area contributed by atoms with E-state index in [2.05, 4.69) is 19.2 Å². The van der Waals surface area contributed by atoms with Gasteiger partial charge in [-0.25, -0.2) is 0 Å². The molecule has 0 aliphatic rings. The molecule has 3 heteroatoms. The molecule has 0 atom stereocenters. The number of hydrogen-bond donors (Lipinski definition) is 1. The second-order valence-electron chi connectivity index (χ2n) is 5.81. The molecule has 1 amide bonds. The Morgan fingerprint density at radius 3 is 2.43 bits per heavy atom. The van der Waals surface area contributed by atoms with Crippen LogP contribution in [0, 0.1) is 18.3 Å². The number of benzene rings is 2. The summed E-state index contributed by atoms with van der Waals surface area (Å²) < 4.78 is 0. The number of nitriles is 1. The van der Waals surface area contributed by atoms with Crippen LogP contribution in [0.5, 0.6) is 0 Å². The van der Waals surface area contributed by atoms with Gasteiger partial charge in [-0.1, -0.05) is 50.2 Å². The largest absolute Gasteiger partial charge is 0.321 e. The molecular formula is C20H20N2O. The molecule has 0 spiro atoms. The minimum atomic E-state index is -0.397. The highest BCUT2D eigenvalue weighted by atomic mass is 16.1. The quantitative estimate of drug-likeness (QED) is 0.659. The Morgan fingerprint density at radius 1 is 1.17 bits per heavy atom. The van der Waals surface area contributed by atoms with Gasteiger partial charge < -0.3 is 5.32 Å². The second-order valence-corrected chi connectivity index (χ2v) is 5.81. The van der Waals surface area contributed by atoms with Gasteiger partial charge in [0.05, 0.1) is 0 Å². The van der Waals surface area contributed by atoms with Crippen molar-refractivity contribution in [3.05, 3.63) is 70.8 Å². The molecule has 2 aromatic rings. The Labute approximate surface area is 137 Å². The summed E-state index contributed by atoms with van der Waals surface area (Å²) in [5, 5.41) is 12.0. The molecule has 0 fully saturated rings. The zero-order valence-corrected chi connectivity index (χ0v) is 13.6. The van der Waals surface area contributed by atoms with Crippen LogP contribution in [0.3, 0.4) is 0 Å². The fraction of sp³-hybridized carbons (Fsp3) is 0.200. The van der Waals surface area contributed by atoms with Crippen LogP contribution in [0.4, 0.5) is 5.69 Å². The first kappa shape index (κ1) is 16.5. The molecule has 0 aliphatic carbocycles. The van der Waals surface area contributed by atoms with E-state index in [1.54, 1.807) is 12.1 Å². The summed E-state index contributed by atoms with van der Waals surface area (Å²) in [5.41, 5.74) is 3.89. The van der Waals surface area contributed by atoms with E-state index >= 15 is 0 Å². The third kappa shape index (κ3) is 4.55. The second kappa shape index (κ2) is 7.42. The van der Waals surface area contributed by atoms with Crippen molar-refractivity contribution in [3.8, 4) is 6.07 Å². The van der Waals surface area contributed by atoms with E-state index in [-0.39, 0.29) is 5.57 Å². The molecule has 2 rings (SSSR count). The fourth-order valence-electron chi connectivity index (χ4n) is 2.21. The van der Waals surface area contributed by atoms with Gasteiger partial charge in [0.25, 0.3) is 5.91 Å². The molecule has 1 N–H and O–H groups in total. The maximum absolute atomic E-state index is 12.2. The minimum absolute atomic E-state index is 0.0869. The molecule has 0 bridgehead atoms. The van der Waals surface area contributed by atoms with Crippen molar-refractivity contribution >= 4 is 17.7 Å². The van der Waals surface area contributed by atoms with Crippen molar-refractivity contribution in [2.45, 2.75) is 26.7 Å².